The first-order valence-electron chi connectivity index (χ1n) is 11.1. The molecule has 7 nitrogen and oxygen atoms in total. The lowest BCUT2D eigenvalue weighted by molar-refractivity contribution is -0.139. The molecule has 2 atom stereocenters. The maximum absolute atomic E-state index is 12.5. The van der Waals surface area contributed by atoms with Crippen LogP contribution in [0.2, 0.25) is 0 Å². The second kappa shape index (κ2) is 10.5. The Hall–Kier alpha value is -3.06. The van der Waals surface area contributed by atoms with Crippen LogP contribution in [-0.4, -0.2) is 53.4 Å². The van der Waals surface area contributed by atoms with Crippen molar-refractivity contribution in [2.75, 3.05) is 20.1 Å². The van der Waals surface area contributed by atoms with E-state index in [1.807, 2.05) is 12.1 Å². The van der Waals surface area contributed by atoms with Crippen molar-refractivity contribution in [2.45, 2.75) is 50.5 Å². The summed E-state index contributed by atoms with van der Waals surface area (Å²) in [4.78, 5) is 26.5. The fourth-order valence-electron chi connectivity index (χ4n) is 4.48. The van der Waals surface area contributed by atoms with Gasteiger partial charge in [-0.05, 0) is 68.2 Å². The van der Waals surface area contributed by atoms with Gasteiger partial charge < -0.3 is 25.2 Å². The summed E-state index contributed by atoms with van der Waals surface area (Å²) in [5.74, 6) is -0.665. The molecular weight excluding hydrogens is 408 g/mol. The third-order valence-corrected chi connectivity index (χ3v) is 6.32. The number of likely N-dealkylation sites (N-methyl/N-ethyl adjacent to an activating group) is 1. The van der Waals surface area contributed by atoms with E-state index in [-0.39, 0.29) is 17.6 Å². The molecule has 0 bridgehead atoms. The number of aliphatic carboxylic acids is 1. The lowest BCUT2D eigenvalue weighted by Crippen LogP contribution is -2.43. The van der Waals surface area contributed by atoms with Crippen LogP contribution in [0, 0.1) is 0 Å². The topological polar surface area (TPSA) is 99.1 Å². The SMILES string of the molecule is CCC1(c2cccc(OC(=O)N[C@H](Cc3ccc(O)cc3)C(=O)O)c2)CCCCN(C)C1. The zero-order valence-corrected chi connectivity index (χ0v) is 18.7. The van der Waals surface area contributed by atoms with Crippen LogP contribution < -0.4 is 10.1 Å². The summed E-state index contributed by atoms with van der Waals surface area (Å²) in [6.45, 7) is 4.23. The van der Waals surface area contributed by atoms with E-state index in [1.54, 1.807) is 18.2 Å². The molecule has 1 aliphatic rings. The number of carboxylic acids is 1. The van der Waals surface area contributed by atoms with Gasteiger partial charge in [0.25, 0.3) is 0 Å². The number of nitrogens with one attached hydrogen (secondary N) is 1. The molecule has 0 saturated carbocycles. The third-order valence-electron chi connectivity index (χ3n) is 6.32. The van der Waals surface area contributed by atoms with Gasteiger partial charge in [0, 0.05) is 18.4 Å². The average Bonchev–Trinajstić information content (AvgIpc) is 2.97. The maximum atomic E-state index is 12.5. The molecule has 1 heterocycles. The molecule has 3 rings (SSSR count). The van der Waals surface area contributed by atoms with Gasteiger partial charge >= 0.3 is 12.1 Å². The van der Waals surface area contributed by atoms with E-state index >= 15 is 0 Å². The van der Waals surface area contributed by atoms with Gasteiger partial charge in [-0.15, -0.1) is 0 Å². The van der Waals surface area contributed by atoms with Crippen LogP contribution in [0.3, 0.4) is 0 Å². The zero-order valence-electron chi connectivity index (χ0n) is 18.7. The summed E-state index contributed by atoms with van der Waals surface area (Å²) in [7, 11) is 2.14. The minimum atomic E-state index is -1.16. The van der Waals surface area contributed by atoms with E-state index in [1.165, 1.54) is 18.6 Å². The highest BCUT2D eigenvalue weighted by Gasteiger charge is 2.33. The summed E-state index contributed by atoms with van der Waals surface area (Å²) in [6, 6.07) is 12.6. The van der Waals surface area contributed by atoms with Gasteiger partial charge in [-0.2, -0.15) is 0 Å². The minimum absolute atomic E-state index is 0.00354. The van der Waals surface area contributed by atoms with E-state index in [2.05, 4.69) is 30.3 Å². The van der Waals surface area contributed by atoms with Gasteiger partial charge in [0.15, 0.2) is 0 Å². The lowest BCUT2D eigenvalue weighted by atomic mass is 9.74. The van der Waals surface area contributed by atoms with Crippen molar-refractivity contribution in [2.24, 2.45) is 0 Å². The summed E-state index contributed by atoms with van der Waals surface area (Å²) < 4.78 is 5.46. The first kappa shape index (κ1) is 23.6. The number of carbonyl (C=O) groups is 2. The van der Waals surface area contributed by atoms with Crippen LogP contribution in [0.4, 0.5) is 4.79 Å². The summed E-state index contributed by atoms with van der Waals surface area (Å²) in [5.41, 5.74) is 1.82. The minimum Gasteiger partial charge on any atom is -0.508 e. The second-order valence-corrected chi connectivity index (χ2v) is 8.65. The maximum Gasteiger partial charge on any atom is 0.413 e. The molecule has 0 radical (unpaired) electrons. The molecule has 0 aromatic heterocycles. The summed E-state index contributed by atoms with van der Waals surface area (Å²) >= 11 is 0. The highest BCUT2D eigenvalue weighted by atomic mass is 16.6. The Morgan fingerprint density at radius 1 is 1.19 bits per heavy atom. The Labute approximate surface area is 189 Å². The predicted molar refractivity (Wildman–Crippen MR) is 122 cm³/mol. The molecule has 7 heteroatoms. The molecule has 0 spiro atoms. The van der Waals surface area contributed by atoms with Crippen molar-refractivity contribution in [3.05, 3.63) is 59.7 Å². The van der Waals surface area contributed by atoms with E-state index in [9.17, 15) is 19.8 Å². The number of benzene rings is 2. The number of likely N-dealkylation sites (tertiary alicyclic amines) is 1. The quantitative estimate of drug-likeness (QED) is 0.603. The Morgan fingerprint density at radius 3 is 2.62 bits per heavy atom. The second-order valence-electron chi connectivity index (χ2n) is 8.65. The van der Waals surface area contributed by atoms with Crippen molar-refractivity contribution in [1.82, 2.24) is 10.2 Å². The molecular formula is C25H32N2O5. The Balaban J connectivity index is 1.70. The third kappa shape index (κ3) is 6.01. The predicted octanol–water partition coefficient (Wildman–Crippen LogP) is 3.94. The number of hydrogen-bond donors (Lipinski definition) is 3. The number of ether oxygens (including phenoxy) is 1. The summed E-state index contributed by atoms with van der Waals surface area (Å²) in [6.07, 6.45) is 3.67. The van der Waals surface area contributed by atoms with Gasteiger partial charge in [0.05, 0.1) is 0 Å². The largest absolute Gasteiger partial charge is 0.508 e. The van der Waals surface area contributed by atoms with Crippen LogP contribution in [0.25, 0.3) is 0 Å². The molecule has 2 aromatic rings. The summed E-state index contributed by atoms with van der Waals surface area (Å²) in [5, 5.41) is 21.3. The number of rotatable bonds is 7. The first-order valence-corrected chi connectivity index (χ1v) is 11.1. The van der Waals surface area contributed by atoms with Gasteiger partial charge in [-0.1, -0.05) is 37.6 Å². The Bertz CT molecular complexity index is 930. The Kier molecular flexibility index (Phi) is 7.75. The van der Waals surface area contributed by atoms with Crippen LogP contribution >= 0.6 is 0 Å². The number of phenols is 1. The molecule has 1 unspecified atom stereocenters. The molecule has 1 fully saturated rings. The molecule has 2 aromatic carbocycles. The molecule has 3 N–H and O–H groups in total. The lowest BCUT2D eigenvalue weighted by Gasteiger charge is -2.35. The number of carbonyl (C=O) groups excluding carboxylic acids is 1. The number of phenolic OH excluding ortho intramolecular Hbond substituents is 1. The van der Waals surface area contributed by atoms with Crippen molar-refractivity contribution < 1.29 is 24.5 Å². The molecule has 32 heavy (non-hydrogen) atoms. The van der Waals surface area contributed by atoms with Crippen LogP contribution in [-0.2, 0) is 16.6 Å². The molecule has 172 valence electrons. The van der Waals surface area contributed by atoms with E-state index in [0.717, 1.165) is 37.9 Å². The highest BCUT2D eigenvalue weighted by molar-refractivity contribution is 5.81. The van der Waals surface area contributed by atoms with Crippen molar-refractivity contribution in [3.8, 4) is 11.5 Å². The molecule has 0 aliphatic carbocycles. The Morgan fingerprint density at radius 2 is 1.94 bits per heavy atom. The molecule has 1 aliphatic heterocycles. The average molecular weight is 441 g/mol. The number of amides is 1. The fourth-order valence-corrected chi connectivity index (χ4v) is 4.48. The first-order chi connectivity index (χ1) is 15.3. The van der Waals surface area contributed by atoms with Crippen LogP contribution in [0.15, 0.2) is 48.5 Å². The van der Waals surface area contributed by atoms with E-state index < -0.39 is 18.1 Å². The number of nitrogens with zero attached hydrogens (tertiary/aromatic N) is 1. The van der Waals surface area contributed by atoms with Crippen molar-refractivity contribution in [3.63, 3.8) is 0 Å². The van der Waals surface area contributed by atoms with Gasteiger partial charge in [0.2, 0.25) is 0 Å². The normalized spacial score (nSPS) is 20.2. The number of hydrogen-bond acceptors (Lipinski definition) is 5. The number of aromatic hydroxyl groups is 1. The van der Waals surface area contributed by atoms with Crippen molar-refractivity contribution >= 4 is 12.1 Å². The van der Waals surface area contributed by atoms with E-state index in [4.69, 9.17) is 4.74 Å². The zero-order chi connectivity index (χ0) is 23.1. The van der Waals surface area contributed by atoms with Crippen LogP contribution in [0.5, 0.6) is 11.5 Å². The van der Waals surface area contributed by atoms with Crippen LogP contribution in [0.1, 0.15) is 43.7 Å². The van der Waals surface area contributed by atoms with E-state index in [0.29, 0.717) is 11.3 Å². The van der Waals surface area contributed by atoms with Gasteiger partial charge in [-0.25, -0.2) is 9.59 Å². The van der Waals surface area contributed by atoms with Gasteiger partial charge in [0.1, 0.15) is 17.5 Å². The fraction of sp³-hybridized carbons (Fsp3) is 0.440. The smallest absolute Gasteiger partial charge is 0.413 e. The highest BCUT2D eigenvalue weighted by Crippen LogP contribution is 2.37. The van der Waals surface area contributed by atoms with Gasteiger partial charge in [-0.3, -0.25) is 0 Å². The molecule has 1 amide bonds. The number of carboxylic acid groups (broad SMARTS) is 1. The molecule has 1 saturated heterocycles. The standard InChI is InChI=1S/C25H32N2O5/c1-3-25(13-4-5-14-27(2)17-25)19-7-6-8-21(16-19)32-24(31)26-22(23(29)30)15-18-9-11-20(28)12-10-18/h6-12,16,22,28H,3-5,13-15,17H2,1-2H3,(H,26,31)(H,29,30)/t22-,25?/m1/s1. The monoisotopic (exact) mass is 440 g/mol. The van der Waals surface area contributed by atoms with Crippen molar-refractivity contribution in [1.29, 1.82) is 0 Å².